The molecule has 0 aliphatic rings. The van der Waals surface area contributed by atoms with Crippen molar-refractivity contribution in [2.75, 3.05) is 5.32 Å². The van der Waals surface area contributed by atoms with E-state index in [4.69, 9.17) is 4.42 Å². The van der Waals surface area contributed by atoms with Crippen LogP contribution in [0.3, 0.4) is 0 Å². The van der Waals surface area contributed by atoms with E-state index < -0.39 is 0 Å². The molecule has 0 unspecified atom stereocenters. The summed E-state index contributed by atoms with van der Waals surface area (Å²) < 4.78 is 7.65. The summed E-state index contributed by atoms with van der Waals surface area (Å²) in [4.78, 5) is 17.8. The third-order valence-corrected chi connectivity index (χ3v) is 5.02. The van der Waals surface area contributed by atoms with Crippen LogP contribution in [0.1, 0.15) is 15.2 Å². The summed E-state index contributed by atoms with van der Waals surface area (Å²) in [6.07, 6.45) is 1.55. The number of nitrogens with zero attached hydrogens (tertiary/aromatic N) is 3. The van der Waals surface area contributed by atoms with Crippen molar-refractivity contribution in [1.82, 2.24) is 14.8 Å². The minimum Gasteiger partial charge on any atom is -0.461 e. The molecule has 1 aromatic carbocycles. The molecule has 0 saturated heterocycles. The number of aromatic nitrogens is 3. The van der Waals surface area contributed by atoms with Gasteiger partial charge in [-0.05, 0) is 41.3 Å². The van der Waals surface area contributed by atoms with Crippen molar-refractivity contribution in [3.8, 4) is 11.6 Å². The first-order valence-corrected chi connectivity index (χ1v) is 9.45. The number of furan rings is 1. The molecule has 0 fully saturated rings. The molecule has 6 nitrogen and oxygen atoms in total. The van der Waals surface area contributed by atoms with Gasteiger partial charge in [0.15, 0.2) is 5.76 Å². The average molecular weight is 429 g/mol. The van der Waals surface area contributed by atoms with Gasteiger partial charge in [-0.3, -0.25) is 4.79 Å². The second-order valence-electron chi connectivity index (χ2n) is 5.41. The van der Waals surface area contributed by atoms with Crippen LogP contribution in [0.5, 0.6) is 0 Å². The smallest absolute Gasteiger partial charge is 0.291 e. The second kappa shape index (κ2) is 7.27. The fourth-order valence-electron chi connectivity index (χ4n) is 2.37. The Morgan fingerprint density at radius 3 is 2.73 bits per heavy atom. The van der Waals surface area contributed by atoms with Gasteiger partial charge >= 0.3 is 0 Å². The van der Waals surface area contributed by atoms with E-state index in [1.807, 2.05) is 35.7 Å². The first kappa shape index (κ1) is 16.7. The van der Waals surface area contributed by atoms with Crippen molar-refractivity contribution in [3.05, 3.63) is 75.1 Å². The lowest BCUT2D eigenvalue weighted by Gasteiger charge is -2.06. The fraction of sp³-hybridized carbons (Fsp3) is 0.0556. The van der Waals surface area contributed by atoms with Crippen molar-refractivity contribution < 1.29 is 9.21 Å². The molecule has 0 aliphatic heterocycles. The molecule has 0 aliphatic carbocycles. The average Bonchev–Trinajstić information content (AvgIpc) is 3.41. The van der Waals surface area contributed by atoms with E-state index >= 15 is 0 Å². The number of hydrogen-bond acceptors (Lipinski definition) is 6. The molecule has 3 aromatic heterocycles. The summed E-state index contributed by atoms with van der Waals surface area (Å²) in [5.74, 6) is 1.01. The Hall–Kier alpha value is -2.71. The summed E-state index contributed by atoms with van der Waals surface area (Å²) in [5, 5.41) is 9.38. The monoisotopic (exact) mass is 428 g/mol. The molecule has 1 N–H and O–H groups in total. The van der Waals surface area contributed by atoms with E-state index in [-0.39, 0.29) is 5.91 Å². The van der Waals surface area contributed by atoms with Crippen molar-refractivity contribution in [1.29, 1.82) is 0 Å². The minimum absolute atomic E-state index is 0.233. The Morgan fingerprint density at radius 2 is 2.04 bits per heavy atom. The van der Waals surface area contributed by atoms with Gasteiger partial charge in [0, 0.05) is 11.0 Å². The number of hydrogen-bond donors (Lipinski definition) is 1. The number of carbonyl (C=O) groups is 1. The van der Waals surface area contributed by atoms with Gasteiger partial charge in [0.1, 0.15) is 0 Å². The van der Waals surface area contributed by atoms with E-state index in [0.717, 1.165) is 10.0 Å². The Labute approximate surface area is 161 Å². The van der Waals surface area contributed by atoms with Crippen LogP contribution in [-0.4, -0.2) is 20.7 Å². The lowest BCUT2D eigenvalue weighted by molar-refractivity contribution is 0.0951. The van der Waals surface area contributed by atoms with Gasteiger partial charge in [0.2, 0.25) is 11.8 Å². The standard InChI is InChI=1S/C18H13BrN4O2S/c19-13-7-5-12(6-8-13)11-20-18-21-16(14-3-1-9-25-14)22-23(18)17(24)15-4-2-10-26-15/h1-10H,11H2,(H,20,21,22). The van der Waals surface area contributed by atoms with Crippen molar-refractivity contribution >= 4 is 39.1 Å². The Morgan fingerprint density at radius 1 is 1.19 bits per heavy atom. The molecule has 0 amide bonds. The molecule has 0 radical (unpaired) electrons. The molecule has 4 aromatic rings. The molecule has 130 valence electrons. The van der Waals surface area contributed by atoms with Crippen LogP contribution in [0.25, 0.3) is 11.6 Å². The number of benzene rings is 1. The van der Waals surface area contributed by atoms with Crippen molar-refractivity contribution in [2.24, 2.45) is 0 Å². The maximum atomic E-state index is 12.8. The molecule has 0 spiro atoms. The van der Waals surface area contributed by atoms with Crippen molar-refractivity contribution in [2.45, 2.75) is 6.54 Å². The molecular weight excluding hydrogens is 416 g/mol. The third-order valence-electron chi connectivity index (χ3n) is 3.64. The SMILES string of the molecule is O=C(c1cccs1)n1nc(-c2ccco2)nc1NCc1ccc(Br)cc1. The molecule has 0 atom stereocenters. The number of nitrogens with one attached hydrogen (secondary N) is 1. The van der Waals surface area contributed by atoms with Crippen LogP contribution in [-0.2, 0) is 6.54 Å². The summed E-state index contributed by atoms with van der Waals surface area (Å²) in [5.41, 5.74) is 1.06. The molecule has 3 heterocycles. The van der Waals surface area contributed by atoms with Gasteiger partial charge in [0.05, 0.1) is 11.1 Å². The zero-order valence-corrected chi connectivity index (χ0v) is 15.8. The number of anilines is 1. The third kappa shape index (κ3) is 3.47. The highest BCUT2D eigenvalue weighted by atomic mass is 79.9. The number of halogens is 1. The van der Waals surface area contributed by atoms with E-state index in [1.165, 1.54) is 16.0 Å². The maximum Gasteiger partial charge on any atom is 0.291 e. The molecule has 0 saturated carbocycles. The number of carbonyl (C=O) groups excluding carboxylic acids is 1. The largest absolute Gasteiger partial charge is 0.461 e. The van der Waals surface area contributed by atoms with E-state index in [1.54, 1.807) is 24.5 Å². The molecule has 26 heavy (non-hydrogen) atoms. The van der Waals surface area contributed by atoms with E-state index in [0.29, 0.717) is 29.0 Å². The second-order valence-corrected chi connectivity index (χ2v) is 7.27. The molecule has 0 bridgehead atoms. The van der Waals surface area contributed by atoms with Gasteiger partial charge in [-0.2, -0.15) is 9.67 Å². The van der Waals surface area contributed by atoms with Crippen LogP contribution in [0, 0.1) is 0 Å². The van der Waals surface area contributed by atoms with Gasteiger partial charge < -0.3 is 9.73 Å². The summed E-state index contributed by atoms with van der Waals surface area (Å²) in [6.45, 7) is 0.515. The highest BCUT2D eigenvalue weighted by Crippen LogP contribution is 2.21. The van der Waals surface area contributed by atoms with Crippen LogP contribution in [0.4, 0.5) is 5.95 Å². The first-order valence-electron chi connectivity index (χ1n) is 7.78. The lowest BCUT2D eigenvalue weighted by atomic mass is 10.2. The molecule has 8 heteroatoms. The molecule has 4 rings (SSSR count). The van der Waals surface area contributed by atoms with Gasteiger partial charge in [0.25, 0.3) is 5.91 Å². The van der Waals surface area contributed by atoms with Crippen LogP contribution in [0.2, 0.25) is 0 Å². The normalized spacial score (nSPS) is 10.8. The van der Waals surface area contributed by atoms with Crippen LogP contribution in [0.15, 0.2) is 69.1 Å². The summed E-state index contributed by atoms with van der Waals surface area (Å²) in [6, 6.07) is 15.0. The Kier molecular flexibility index (Phi) is 4.68. The van der Waals surface area contributed by atoms with Gasteiger partial charge in [-0.25, -0.2) is 0 Å². The first-order chi connectivity index (χ1) is 12.7. The highest BCUT2D eigenvalue weighted by Gasteiger charge is 2.20. The van der Waals surface area contributed by atoms with Crippen molar-refractivity contribution in [3.63, 3.8) is 0 Å². The van der Waals surface area contributed by atoms with Crippen LogP contribution < -0.4 is 5.32 Å². The lowest BCUT2D eigenvalue weighted by Crippen LogP contribution is -2.16. The van der Waals surface area contributed by atoms with Crippen LogP contribution >= 0.6 is 27.3 Å². The topological polar surface area (TPSA) is 73.0 Å². The highest BCUT2D eigenvalue weighted by molar-refractivity contribution is 9.10. The minimum atomic E-state index is -0.233. The zero-order valence-electron chi connectivity index (χ0n) is 13.4. The summed E-state index contributed by atoms with van der Waals surface area (Å²) >= 11 is 4.78. The number of thiophene rings is 1. The molecular formula is C18H13BrN4O2S. The maximum absolute atomic E-state index is 12.8. The summed E-state index contributed by atoms with van der Waals surface area (Å²) in [7, 11) is 0. The zero-order chi connectivity index (χ0) is 17.9. The Balaban J connectivity index is 1.65. The Bertz CT molecular complexity index is 1010. The van der Waals surface area contributed by atoms with E-state index in [9.17, 15) is 4.79 Å². The number of rotatable bonds is 5. The van der Waals surface area contributed by atoms with Gasteiger partial charge in [-0.15, -0.1) is 16.4 Å². The van der Waals surface area contributed by atoms with Gasteiger partial charge in [-0.1, -0.05) is 34.1 Å². The predicted molar refractivity (Wildman–Crippen MR) is 103 cm³/mol. The predicted octanol–water partition coefficient (Wildman–Crippen LogP) is 4.66. The van der Waals surface area contributed by atoms with E-state index in [2.05, 4.69) is 31.3 Å². The fourth-order valence-corrected chi connectivity index (χ4v) is 3.28. The quantitative estimate of drug-likeness (QED) is 0.500.